The molecule has 1 unspecified atom stereocenters. The first kappa shape index (κ1) is 23.8. The molecule has 0 saturated carbocycles. The van der Waals surface area contributed by atoms with Crippen molar-refractivity contribution in [3.63, 3.8) is 0 Å². The number of hydrogen-bond acceptors (Lipinski definition) is 8. The molecule has 1 fully saturated rings. The zero-order valence-electron chi connectivity index (χ0n) is 20.6. The van der Waals surface area contributed by atoms with Crippen molar-refractivity contribution in [1.29, 1.82) is 0 Å². The average Bonchev–Trinajstić information content (AvgIpc) is 3.20. The molecule has 184 valence electrons. The highest BCUT2D eigenvalue weighted by Crippen LogP contribution is 2.28. The lowest BCUT2D eigenvalue weighted by Crippen LogP contribution is -2.61. The molecule has 1 aliphatic rings. The second-order valence-corrected chi connectivity index (χ2v) is 10.4. The van der Waals surface area contributed by atoms with Gasteiger partial charge in [0.2, 0.25) is 5.95 Å². The monoisotopic (exact) mass is 501 g/mol. The average molecular weight is 502 g/mol. The first-order chi connectivity index (χ1) is 17.3. The largest absolute Gasteiger partial charge is 0.348 e. The smallest absolute Gasteiger partial charge is 0.274 e. The summed E-state index contributed by atoms with van der Waals surface area (Å²) in [6.07, 6.45) is 3.50. The van der Waals surface area contributed by atoms with Crippen molar-refractivity contribution in [2.45, 2.75) is 39.8 Å². The van der Waals surface area contributed by atoms with Crippen LogP contribution in [0.15, 0.2) is 42.7 Å². The summed E-state index contributed by atoms with van der Waals surface area (Å²) in [6.45, 7) is 8.65. The molecule has 0 radical (unpaired) electrons. The zero-order valence-corrected chi connectivity index (χ0v) is 21.4. The number of carbonyl (C=O) groups is 2. The van der Waals surface area contributed by atoms with E-state index in [9.17, 15) is 9.59 Å². The Hall–Kier alpha value is -3.92. The fourth-order valence-electron chi connectivity index (χ4n) is 4.31. The molecule has 1 saturated heterocycles. The molecule has 1 atom stereocenters. The van der Waals surface area contributed by atoms with Crippen molar-refractivity contribution in [3.8, 4) is 0 Å². The number of benzene rings is 1. The summed E-state index contributed by atoms with van der Waals surface area (Å²) in [5.41, 5.74) is 4.52. The number of thiazole rings is 1. The Morgan fingerprint density at radius 1 is 1.08 bits per heavy atom. The van der Waals surface area contributed by atoms with Crippen LogP contribution in [0.4, 0.5) is 5.95 Å². The molecule has 2 amide bonds. The van der Waals surface area contributed by atoms with Gasteiger partial charge in [0.05, 0.1) is 17.1 Å². The van der Waals surface area contributed by atoms with Crippen LogP contribution in [0, 0.1) is 20.8 Å². The molecule has 0 aliphatic carbocycles. The van der Waals surface area contributed by atoms with Gasteiger partial charge < -0.3 is 15.5 Å². The van der Waals surface area contributed by atoms with Crippen LogP contribution in [0.5, 0.6) is 0 Å². The van der Waals surface area contributed by atoms with Crippen molar-refractivity contribution in [2.75, 3.05) is 18.4 Å². The van der Waals surface area contributed by atoms with Crippen molar-refractivity contribution >= 4 is 39.4 Å². The molecule has 2 N–H and O–H groups in total. The Kier molecular flexibility index (Phi) is 6.36. The number of hydrogen-bond donors (Lipinski definition) is 2. The Bertz CT molecular complexity index is 1430. The van der Waals surface area contributed by atoms with Gasteiger partial charge in [0.25, 0.3) is 11.8 Å². The number of nitrogens with one attached hydrogen (secondary N) is 2. The fourth-order valence-corrected chi connectivity index (χ4v) is 5.15. The summed E-state index contributed by atoms with van der Waals surface area (Å²) in [7, 11) is 0. The van der Waals surface area contributed by atoms with Crippen molar-refractivity contribution in [3.05, 3.63) is 75.7 Å². The number of aromatic nitrogens is 4. The summed E-state index contributed by atoms with van der Waals surface area (Å²) >= 11 is 1.40. The summed E-state index contributed by atoms with van der Waals surface area (Å²) in [5.74, 6) is 0.0185. The minimum Gasteiger partial charge on any atom is -0.348 e. The van der Waals surface area contributed by atoms with Crippen LogP contribution in [0.3, 0.4) is 0 Å². The molecule has 0 spiro atoms. The molecule has 5 rings (SSSR count). The first-order valence-electron chi connectivity index (χ1n) is 11.8. The lowest BCUT2D eigenvalue weighted by molar-refractivity contribution is 0.0539. The number of aryl methyl sites for hydroxylation is 3. The van der Waals surface area contributed by atoms with Crippen LogP contribution in [0.1, 0.15) is 55.5 Å². The van der Waals surface area contributed by atoms with Gasteiger partial charge >= 0.3 is 0 Å². The third kappa shape index (κ3) is 4.90. The molecule has 9 nitrogen and oxygen atoms in total. The number of carbonyl (C=O) groups excluding carboxylic acids is 2. The number of likely N-dealkylation sites (tertiary alicyclic amines) is 1. The van der Waals surface area contributed by atoms with Crippen molar-refractivity contribution in [2.24, 2.45) is 0 Å². The maximum absolute atomic E-state index is 13.4. The van der Waals surface area contributed by atoms with Gasteiger partial charge in [-0.2, -0.15) is 4.98 Å². The number of amides is 2. The Labute approximate surface area is 213 Å². The van der Waals surface area contributed by atoms with E-state index < -0.39 is 0 Å². The summed E-state index contributed by atoms with van der Waals surface area (Å²) in [4.78, 5) is 45.6. The van der Waals surface area contributed by atoms with E-state index in [0.717, 1.165) is 21.7 Å². The lowest BCUT2D eigenvalue weighted by Gasteiger charge is -2.39. The third-order valence-electron chi connectivity index (χ3n) is 6.08. The van der Waals surface area contributed by atoms with Gasteiger partial charge in [-0.05, 0) is 51.5 Å². The topological polar surface area (TPSA) is 113 Å². The molecule has 1 aliphatic heterocycles. The number of rotatable bonds is 6. The standard InChI is InChI=1S/C26H27N7O2S/c1-14-8-15(2)10-19(9-14)24(34)30-20-12-33(13-20)25(35)21-22-23(29-17(4)36-22)32-26(31-21)28-16(3)18-6-5-7-27-11-18/h5-11,16,20H,12-13H2,1-4H3,(H,30,34)(H,28,31,32). The summed E-state index contributed by atoms with van der Waals surface area (Å²) in [5, 5.41) is 7.11. The quantitative estimate of drug-likeness (QED) is 0.413. The molecular weight excluding hydrogens is 474 g/mol. The third-order valence-corrected chi connectivity index (χ3v) is 7.05. The zero-order chi connectivity index (χ0) is 25.4. The Morgan fingerprint density at radius 3 is 2.53 bits per heavy atom. The molecule has 4 heterocycles. The highest BCUT2D eigenvalue weighted by Gasteiger charge is 2.34. The summed E-state index contributed by atoms with van der Waals surface area (Å²) in [6, 6.07) is 9.40. The number of pyridine rings is 1. The fraction of sp³-hybridized carbons (Fsp3) is 0.308. The second kappa shape index (κ2) is 9.62. The molecule has 1 aromatic carbocycles. The Morgan fingerprint density at radius 2 is 1.83 bits per heavy atom. The van der Waals surface area contributed by atoms with Crippen molar-refractivity contribution in [1.82, 2.24) is 30.2 Å². The SMILES string of the molecule is Cc1cc(C)cc(C(=O)NC2CN(C(=O)c3nc(NC(C)c4cccnc4)nc4nc(C)sc34)C2)c1. The highest BCUT2D eigenvalue weighted by molar-refractivity contribution is 7.18. The molecule has 0 bridgehead atoms. The molecular formula is C26H27N7O2S. The van der Waals surface area contributed by atoms with Crippen LogP contribution >= 0.6 is 11.3 Å². The van der Waals surface area contributed by atoms with E-state index in [0.29, 0.717) is 40.6 Å². The van der Waals surface area contributed by atoms with E-state index in [1.165, 1.54) is 11.3 Å². The number of fused-ring (bicyclic) bond motifs is 1. The van der Waals surface area contributed by atoms with E-state index in [1.807, 2.05) is 58.0 Å². The first-order valence-corrected chi connectivity index (χ1v) is 12.6. The van der Waals surface area contributed by atoms with Crippen LogP contribution in [-0.4, -0.2) is 55.8 Å². The minimum atomic E-state index is -0.194. The maximum atomic E-state index is 13.4. The Balaban J connectivity index is 1.30. The van der Waals surface area contributed by atoms with E-state index in [2.05, 4.69) is 30.6 Å². The molecule has 4 aromatic rings. The van der Waals surface area contributed by atoms with Crippen LogP contribution in [0.2, 0.25) is 0 Å². The normalized spacial score (nSPS) is 14.4. The van der Waals surface area contributed by atoms with Crippen molar-refractivity contribution < 1.29 is 9.59 Å². The highest BCUT2D eigenvalue weighted by atomic mass is 32.1. The molecule has 3 aromatic heterocycles. The number of anilines is 1. The van der Waals surface area contributed by atoms with Gasteiger partial charge in [-0.25, -0.2) is 9.97 Å². The van der Waals surface area contributed by atoms with Crippen LogP contribution in [0.25, 0.3) is 10.3 Å². The predicted octanol–water partition coefficient (Wildman–Crippen LogP) is 3.83. The van der Waals surface area contributed by atoms with Crippen LogP contribution in [-0.2, 0) is 0 Å². The van der Waals surface area contributed by atoms with Gasteiger partial charge in [0.15, 0.2) is 11.3 Å². The minimum absolute atomic E-state index is 0.104. The van der Waals surface area contributed by atoms with Gasteiger partial charge in [-0.1, -0.05) is 23.3 Å². The van der Waals surface area contributed by atoms with Gasteiger partial charge in [-0.3, -0.25) is 14.6 Å². The molecule has 36 heavy (non-hydrogen) atoms. The molecule has 10 heteroatoms. The van der Waals surface area contributed by atoms with E-state index in [4.69, 9.17) is 0 Å². The van der Waals surface area contributed by atoms with Crippen LogP contribution < -0.4 is 10.6 Å². The predicted molar refractivity (Wildman–Crippen MR) is 139 cm³/mol. The maximum Gasteiger partial charge on any atom is 0.274 e. The van der Waals surface area contributed by atoms with E-state index in [1.54, 1.807) is 17.3 Å². The van der Waals surface area contributed by atoms with E-state index in [-0.39, 0.29) is 23.9 Å². The van der Waals surface area contributed by atoms with E-state index >= 15 is 0 Å². The number of nitrogens with zero attached hydrogens (tertiary/aromatic N) is 5. The van der Waals surface area contributed by atoms with Gasteiger partial charge in [-0.15, -0.1) is 11.3 Å². The second-order valence-electron chi connectivity index (χ2n) is 9.19. The van der Waals surface area contributed by atoms with Gasteiger partial charge in [0, 0.05) is 31.0 Å². The van der Waals surface area contributed by atoms with Gasteiger partial charge in [0.1, 0.15) is 4.70 Å². The lowest BCUT2D eigenvalue weighted by atomic mass is 10.0. The summed E-state index contributed by atoms with van der Waals surface area (Å²) < 4.78 is 0.666.